The number of amides is 1. The molecule has 0 aliphatic carbocycles. The van der Waals surface area contributed by atoms with E-state index >= 15 is 0 Å². The molecule has 1 heterocycles. The van der Waals surface area contributed by atoms with Crippen molar-refractivity contribution in [1.82, 2.24) is 9.62 Å². The predicted octanol–water partition coefficient (Wildman–Crippen LogP) is 2.86. The molecule has 3 rings (SSSR count). The molecule has 180 valence electrons. The van der Waals surface area contributed by atoms with Crippen LogP contribution in [0.1, 0.15) is 25.8 Å². The molecule has 0 saturated carbocycles. The maximum atomic E-state index is 13.4. The summed E-state index contributed by atoms with van der Waals surface area (Å²) < 4.78 is 44.1. The molecule has 1 N–H and O–H groups in total. The number of methoxy groups -OCH3 is 1. The Morgan fingerprint density at radius 2 is 1.79 bits per heavy atom. The number of hydrogen-bond donors (Lipinski definition) is 1. The van der Waals surface area contributed by atoms with Crippen LogP contribution in [0, 0.1) is 5.92 Å². The number of sulfonamides is 1. The van der Waals surface area contributed by atoms with E-state index in [0.29, 0.717) is 50.0 Å². The van der Waals surface area contributed by atoms with Gasteiger partial charge in [-0.3, -0.25) is 4.79 Å². The second kappa shape index (κ2) is 11.4. The van der Waals surface area contributed by atoms with Gasteiger partial charge in [0.2, 0.25) is 15.9 Å². The Hall–Kier alpha value is -2.78. The molecular weight excluding hydrogens is 444 g/mol. The highest BCUT2D eigenvalue weighted by Crippen LogP contribution is 2.33. The first kappa shape index (κ1) is 24.9. The van der Waals surface area contributed by atoms with Crippen molar-refractivity contribution in [2.24, 2.45) is 5.92 Å². The van der Waals surface area contributed by atoms with Crippen molar-refractivity contribution in [3.05, 3.63) is 48.0 Å². The Morgan fingerprint density at radius 3 is 2.45 bits per heavy atom. The summed E-state index contributed by atoms with van der Waals surface area (Å²) in [7, 11) is -2.28. The number of carbonyl (C=O) groups excluding carboxylic acids is 1. The average molecular weight is 477 g/mol. The molecule has 1 aliphatic heterocycles. The van der Waals surface area contributed by atoms with Gasteiger partial charge in [-0.25, -0.2) is 8.42 Å². The fourth-order valence-electron chi connectivity index (χ4n) is 3.37. The van der Waals surface area contributed by atoms with Gasteiger partial charge in [0.15, 0.2) is 11.5 Å². The van der Waals surface area contributed by atoms with Crippen LogP contribution in [0.25, 0.3) is 0 Å². The summed E-state index contributed by atoms with van der Waals surface area (Å²) in [5, 5.41) is 2.83. The molecule has 0 saturated heterocycles. The Labute approximate surface area is 195 Å². The van der Waals surface area contributed by atoms with Crippen molar-refractivity contribution in [2.45, 2.75) is 31.6 Å². The molecule has 1 amide bonds. The molecule has 8 nitrogen and oxygen atoms in total. The molecule has 2 aromatic carbocycles. The fraction of sp³-hybridized carbons (Fsp3) is 0.458. The van der Waals surface area contributed by atoms with E-state index in [1.807, 2.05) is 38.1 Å². The maximum Gasteiger partial charge on any atom is 0.243 e. The monoisotopic (exact) mass is 476 g/mol. The maximum absolute atomic E-state index is 13.4. The van der Waals surface area contributed by atoms with Crippen LogP contribution in [0.4, 0.5) is 0 Å². The van der Waals surface area contributed by atoms with Gasteiger partial charge in [-0.2, -0.15) is 4.31 Å². The van der Waals surface area contributed by atoms with Crippen LogP contribution >= 0.6 is 0 Å². The highest BCUT2D eigenvalue weighted by atomic mass is 32.2. The quantitative estimate of drug-likeness (QED) is 0.536. The first-order valence-electron chi connectivity index (χ1n) is 11.1. The third-order valence-corrected chi connectivity index (χ3v) is 7.16. The Bertz CT molecular complexity index is 1040. The zero-order valence-electron chi connectivity index (χ0n) is 19.4. The lowest BCUT2D eigenvalue weighted by atomic mass is 10.1. The SMILES string of the molecule is COc1ccc(CCNC(=O)CN(CCC(C)C)S(=O)(=O)c2ccc3c(c2)OCCO3)cc1. The Balaban J connectivity index is 1.65. The lowest BCUT2D eigenvalue weighted by Gasteiger charge is -2.24. The zero-order valence-corrected chi connectivity index (χ0v) is 20.2. The van der Waals surface area contributed by atoms with E-state index in [2.05, 4.69) is 5.32 Å². The van der Waals surface area contributed by atoms with Crippen molar-refractivity contribution >= 4 is 15.9 Å². The van der Waals surface area contributed by atoms with Crippen molar-refractivity contribution in [1.29, 1.82) is 0 Å². The highest BCUT2D eigenvalue weighted by Gasteiger charge is 2.28. The summed E-state index contributed by atoms with van der Waals surface area (Å²) in [5.74, 6) is 1.64. The summed E-state index contributed by atoms with van der Waals surface area (Å²) in [6.45, 7) is 5.24. The normalized spacial score (nSPS) is 13.2. The van der Waals surface area contributed by atoms with Gasteiger partial charge in [0.1, 0.15) is 19.0 Å². The van der Waals surface area contributed by atoms with Crippen LogP contribution in [-0.2, 0) is 21.2 Å². The number of benzene rings is 2. The third kappa shape index (κ3) is 6.85. The number of ether oxygens (including phenoxy) is 3. The molecule has 33 heavy (non-hydrogen) atoms. The van der Waals surface area contributed by atoms with Crippen LogP contribution in [-0.4, -0.2) is 58.6 Å². The van der Waals surface area contributed by atoms with Gasteiger partial charge in [-0.15, -0.1) is 0 Å². The molecule has 0 aromatic heterocycles. The molecule has 0 fully saturated rings. The minimum absolute atomic E-state index is 0.0848. The number of rotatable bonds is 11. The molecule has 1 aliphatic rings. The highest BCUT2D eigenvalue weighted by molar-refractivity contribution is 7.89. The van der Waals surface area contributed by atoms with E-state index in [1.54, 1.807) is 13.2 Å². The van der Waals surface area contributed by atoms with Gasteiger partial charge in [0.05, 0.1) is 18.6 Å². The van der Waals surface area contributed by atoms with Crippen molar-refractivity contribution < 1.29 is 27.4 Å². The number of carbonyl (C=O) groups is 1. The van der Waals surface area contributed by atoms with Crippen molar-refractivity contribution in [3.8, 4) is 17.2 Å². The minimum Gasteiger partial charge on any atom is -0.497 e. The molecule has 9 heteroatoms. The van der Waals surface area contributed by atoms with E-state index in [1.165, 1.54) is 16.4 Å². The van der Waals surface area contributed by atoms with Crippen LogP contribution in [0.5, 0.6) is 17.2 Å². The summed E-state index contributed by atoms with van der Waals surface area (Å²) in [6.07, 6.45) is 1.28. The summed E-state index contributed by atoms with van der Waals surface area (Å²) in [4.78, 5) is 12.7. The van der Waals surface area contributed by atoms with E-state index in [0.717, 1.165) is 11.3 Å². The topological polar surface area (TPSA) is 94.2 Å². The first-order valence-corrected chi connectivity index (χ1v) is 12.5. The second-order valence-electron chi connectivity index (χ2n) is 8.27. The Morgan fingerprint density at radius 1 is 1.09 bits per heavy atom. The van der Waals surface area contributed by atoms with Crippen LogP contribution in [0.2, 0.25) is 0 Å². The average Bonchev–Trinajstić information content (AvgIpc) is 2.81. The van der Waals surface area contributed by atoms with Gasteiger partial charge >= 0.3 is 0 Å². The number of nitrogens with zero attached hydrogens (tertiary/aromatic N) is 1. The van der Waals surface area contributed by atoms with Gasteiger partial charge < -0.3 is 19.5 Å². The van der Waals surface area contributed by atoms with E-state index < -0.39 is 10.0 Å². The van der Waals surface area contributed by atoms with Crippen LogP contribution in [0.15, 0.2) is 47.4 Å². The Kier molecular flexibility index (Phi) is 8.57. The lowest BCUT2D eigenvalue weighted by molar-refractivity contribution is -0.121. The van der Waals surface area contributed by atoms with Gasteiger partial charge in [-0.1, -0.05) is 26.0 Å². The van der Waals surface area contributed by atoms with Gasteiger partial charge in [0, 0.05) is 19.2 Å². The fourth-order valence-corrected chi connectivity index (χ4v) is 4.80. The number of nitrogens with one attached hydrogen (secondary N) is 1. The van der Waals surface area contributed by atoms with Crippen LogP contribution < -0.4 is 19.5 Å². The molecule has 0 bridgehead atoms. The van der Waals surface area contributed by atoms with E-state index in [9.17, 15) is 13.2 Å². The minimum atomic E-state index is -3.89. The molecule has 0 atom stereocenters. The third-order valence-electron chi connectivity index (χ3n) is 5.32. The number of hydrogen-bond acceptors (Lipinski definition) is 6. The van der Waals surface area contributed by atoms with Gasteiger partial charge in [-0.05, 0) is 48.6 Å². The summed E-state index contributed by atoms with van der Waals surface area (Å²) in [5.41, 5.74) is 1.05. The molecule has 0 radical (unpaired) electrons. The van der Waals surface area contributed by atoms with Crippen molar-refractivity contribution in [2.75, 3.05) is 40.0 Å². The van der Waals surface area contributed by atoms with Gasteiger partial charge in [0.25, 0.3) is 0 Å². The van der Waals surface area contributed by atoms with E-state index in [4.69, 9.17) is 14.2 Å². The largest absolute Gasteiger partial charge is 0.497 e. The zero-order chi connectivity index (χ0) is 23.8. The predicted molar refractivity (Wildman–Crippen MR) is 125 cm³/mol. The van der Waals surface area contributed by atoms with E-state index in [-0.39, 0.29) is 23.9 Å². The number of fused-ring (bicyclic) bond motifs is 1. The van der Waals surface area contributed by atoms with Crippen LogP contribution in [0.3, 0.4) is 0 Å². The molecule has 0 spiro atoms. The molecule has 2 aromatic rings. The lowest BCUT2D eigenvalue weighted by Crippen LogP contribution is -2.42. The molecular formula is C24H32N2O6S. The molecule has 0 unspecified atom stereocenters. The summed E-state index contributed by atoms with van der Waals surface area (Å²) in [6, 6.07) is 12.2. The summed E-state index contributed by atoms with van der Waals surface area (Å²) >= 11 is 0. The smallest absolute Gasteiger partial charge is 0.243 e. The van der Waals surface area contributed by atoms with Crippen molar-refractivity contribution in [3.63, 3.8) is 0 Å². The first-order chi connectivity index (χ1) is 15.8. The standard InChI is InChI=1S/C24H32N2O6S/c1-18(2)11-13-26(17-24(27)25-12-10-19-4-6-20(30-3)7-5-19)33(28,29)21-8-9-22-23(16-21)32-15-14-31-22/h4-9,16,18H,10-15,17H2,1-3H3,(H,25,27). The second-order valence-corrected chi connectivity index (χ2v) is 10.2.